The predicted molar refractivity (Wildman–Crippen MR) is 41.8 cm³/mol. The lowest BCUT2D eigenvalue weighted by Gasteiger charge is -2.27. The highest BCUT2D eigenvalue weighted by molar-refractivity contribution is 4.82. The molecule has 1 aliphatic rings. The number of rotatable bonds is 2. The molecule has 2 N–H and O–H groups in total. The Bertz CT molecular complexity index is 114. The maximum Gasteiger partial charge on any atom is 0.0696 e. The SMILES string of the molecule is C=CCC1CCNCC1O. The van der Waals surface area contributed by atoms with E-state index in [0.717, 1.165) is 25.9 Å². The van der Waals surface area contributed by atoms with Crippen molar-refractivity contribution in [2.45, 2.75) is 18.9 Å². The maximum atomic E-state index is 9.39. The lowest BCUT2D eigenvalue weighted by atomic mass is 9.92. The molecule has 58 valence electrons. The van der Waals surface area contributed by atoms with E-state index in [1.54, 1.807) is 0 Å². The molecule has 2 atom stereocenters. The number of piperidine rings is 1. The molecule has 1 aliphatic heterocycles. The number of hydrogen-bond donors (Lipinski definition) is 2. The van der Waals surface area contributed by atoms with E-state index in [0.29, 0.717) is 5.92 Å². The number of aliphatic hydroxyl groups is 1. The van der Waals surface area contributed by atoms with Crippen molar-refractivity contribution in [1.29, 1.82) is 0 Å². The van der Waals surface area contributed by atoms with Crippen LogP contribution in [0.15, 0.2) is 12.7 Å². The zero-order chi connectivity index (χ0) is 7.40. The van der Waals surface area contributed by atoms with Crippen LogP contribution in [0.2, 0.25) is 0 Å². The largest absolute Gasteiger partial charge is 0.392 e. The molecule has 1 rings (SSSR count). The smallest absolute Gasteiger partial charge is 0.0696 e. The topological polar surface area (TPSA) is 32.3 Å². The molecule has 0 amide bonds. The highest BCUT2D eigenvalue weighted by Crippen LogP contribution is 2.16. The van der Waals surface area contributed by atoms with Gasteiger partial charge >= 0.3 is 0 Å². The van der Waals surface area contributed by atoms with Gasteiger partial charge in [0.25, 0.3) is 0 Å². The van der Waals surface area contributed by atoms with Crippen molar-refractivity contribution in [2.75, 3.05) is 13.1 Å². The first-order valence-electron chi connectivity index (χ1n) is 3.84. The van der Waals surface area contributed by atoms with Gasteiger partial charge < -0.3 is 10.4 Å². The summed E-state index contributed by atoms with van der Waals surface area (Å²) < 4.78 is 0. The number of nitrogens with one attached hydrogen (secondary N) is 1. The van der Waals surface area contributed by atoms with Crippen molar-refractivity contribution in [1.82, 2.24) is 5.32 Å². The van der Waals surface area contributed by atoms with Crippen molar-refractivity contribution in [3.63, 3.8) is 0 Å². The van der Waals surface area contributed by atoms with E-state index in [2.05, 4.69) is 11.9 Å². The third-order valence-electron chi connectivity index (χ3n) is 2.06. The van der Waals surface area contributed by atoms with Crippen molar-refractivity contribution >= 4 is 0 Å². The van der Waals surface area contributed by atoms with Gasteiger partial charge in [-0.2, -0.15) is 0 Å². The average Bonchev–Trinajstić information content (AvgIpc) is 1.94. The van der Waals surface area contributed by atoms with Crippen LogP contribution in [0, 0.1) is 5.92 Å². The van der Waals surface area contributed by atoms with Crippen LogP contribution in [0.4, 0.5) is 0 Å². The van der Waals surface area contributed by atoms with Crippen LogP contribution in [0.5, 0.6) is 0 Å². The molecule has 0 aromatic rings. The van der Waals surface area contributed by atoms with Gasteiger partial charge in [-0.25, -0.2) is 0 Å². The quantitative estimate of drug-likeness (QED) is 0.550. The molecule has 0 aromatic heterocycles. The molecule has 2 heteroatoms. The van der Waals surface area contributed by atoms with Gasteiger partial charge in [0.15, 0.2) is 0 Å². The molecule has 1 heterocycles. The van der Waals surface area contributed by atoms with E-state index < -0.39 is 0 Å². The van der Waals surface area contributed by atoms with E-state index in [1.165, 1.54) is 0 Å². The summed E-state index contributed by atoms with van der Waals surface area (Å²) in [5.41, 5.74) is 0. The molecule has 2 unspecified atom stereocenters. The Kier molecular flexibility index (Phi) is 2.90. The van der Waals surface area contributed by atoms with Crippen LogP contribution >= 0.6 is 0 Å². The van der Waals surface area contributed by atoms with Gasteiger partial charge in [-0.15, -0.1) is 6.58 Å². The van der Waals surface area contributed by atoms with Crippen LogP contribution in [-0.4, -0.2) is 24.3 Å². The Balaban J connectivity index is 2.32. The Labute approximate surface area is 61.9 Å². The van der Waals surface area contributed by atoms with Crippen molar-refractivity contribution in [3.05, 3.63) is 12.7 Å². The number of aliphatic hydroxyl groups excluding tert-OH is 1. The van der Waals surface area contributed by atoms with E-state index in [4.69, 9.17) is 0 Å². The maximum absolute atomic E-state index is 9.39. The Morgan fingerprint density at radius 2 is 2.50 bits per heavy atom. The molecule has 0 aromatic carbocycles. The molecule has 1 fully saturated rings. The van der Waals surface area contributed by atoms with Gasteiger partial charge in [-0.3, -0.25) is 0 Å². The van der Waals surface area contributed by atoms with Gasteiger partial charge in [0, 0.05) is 6.54 Å². The summed E-state index contributed by atoms with van der Waals surface area (Å²) in [6.07, 6.45) is 3.75. The highest BCUT2D eigenvalue weighted by atomic mass is 16.3. The zero-order valence-electron chi connectivity index (χ0n) is 6.21. The van der Waals surface area contributed by atoms with E-state index in [-0.39, 0.29) is 6.10 Å². The Hall–Kier alpha value is -0.340. The molecular formula is C8H15NO. The minimum absolute atomic E-state index is 0.160. The Morgan fingerprint density at radius 1 is 1.70 bits per heavy atom. The summed E-state index contributed by atoms with van der Waals surface area (Å²) in [7, 11) is 0. The first kappa shape index (κ1) is 7.76. The van der Waals surface area contributed by atoms with Crippen LogP contribution in [0.1, 0.15) is 12.8 Å². The van der Waals surface area contributed by atoms with E-state index >= 15 is 0 Å². The summed E-state index contributed by atoms with van der Waals surface area (Å²) in [4.78, 5) is 0. The Morgan fingerprint density at radius 3 is 3.10 bits per heavy atom. The molecule has 0 spiro atoms. The number of β-amino-alcohol motifs (C(OH)–C–C–N with tert-alkyl or cyclic N) is 1. The summed E-state index contributed by atoms with van der Waals surface area (Å²) in [5.74, 6) is 0.443. The van der Waals surface area contributed by atoms with E-state index in [9.17, 15) is 5.11 Å². The summed E-state index contributed by atoms with van der Waals surface area (Å²) in [6, 6.07) is 0. The first-order valence-corrected chi connectivity index (χ1v) is 3.84. The fraction of sp³-hybridized carbons (Fsp3) is 0.750. The molecule has 0 aliphatic carbocycles. The summed E-state index contributed by atoms with van der Waals surface area (Å²) in [5, 5.41) is 12.5. The molecule has 1 saturated heterocycles. The second-order valence-corrected chi connectivity index (χ2v) is 2.84. The van der Waals surface area contributed by atoms with Crippen molar-refractivity contribution in [3.8, 4) is 0 Å². The number of allylic oxidation sites excluding steroid dienone is 1. The van der Waals surface area contributed by atoms with Crippen LogP contribution in [0.3, 0.4) is 0 Å². The van der Waals surface area contributed by atoms with Crippen LogP contribution in [0.25, 0.3) is 0 Å². The molecule has 0 radical (unpaired) electrons. The van der Waals surface area contributed by atoms with Gasteiger partial charge in [0.2, 0.25) is 0 Å². The second-order valence-electron chi connectivity index (χ2n) is 2.84. The number of hydrogen-bond acceptors (Lipinski definition) is 2. The minimum Gasteiger partial charge on any atom is -0.392 e. The summed E-state index contributed by atoms with van der Waals surface area (Å²) >= 11 is 0. The highest BCUT2D eigenvalue weighted by Gasteiger charge is 2.20. The van der Waals surface area contributed by atoms with Crippen LogP contribution in [-0.2, 0) is 0 Å². The monoisotopic (exact) mass is 141 g/mol. The minimum atomic E-state index is -0.160. The fourth-order valence-electron chi connectivity index (χ4n) is 1.39. The molecular weight excluding hydrogens is 126 g/mol. The molecule has 2 nitrogen and oxygen atoms in total. The van der Waals surface area contributed by atoms with Gasteiger partial charge in [-0.1, -0.05) is 6.08 Å². The van der Waals surface area contributed by atoms with E-state index in [1.807, 2.05) is 6.08 Å². The third kappa shape index (κ3) is 1.82. The third-order valence-corrected chi connectivity index (χ3v) is 2.06. The summed E-state index contributed by atoms with van der Waals surface area (Å²) in [6.45, 7) is 5.44. The fourth-order valence-corrected chi connectivity index (χ4v) is 1.39. The first-order chi connectivity index (χ1) is 4.84. The van der Waals surface area contributed by atoms with Gasteiger partial charge in [-0.05, 0) is 25.3 Å². The van der Waals surface area contributed by atoms with Crippen molar-refractivity contribution < 1.29 is 5.11 Å². The second kappa shape index (κ2) is 3.74. The van der Waals surface area contributed by atoms with Gasteiger partial charge in [0.1, 0.15) is 0 Å². The average molecular weight is 141 g/mol. The molecule has 10 heavy (non-hydrogen) atoms. The van der Waals surface area contributed by atoms with Crippen LogP contribution < -0.4 is 5.32 Å². The predicted octanol–water partition coefficient (Wildman–Crippen LogP) is 0.533. The normalized spacial score (nSPS) is 33.7. The zero-order valence-corrected chi connectivity index (χ0v) is 6.21. The molecule has 0 bridgehead atoms. The lowest BCUT2D eigenvalue weighted by molar-refractivity contribution is 0.0834. The van der Waals surface area contributed by atoms with Gasteiger partial charge in [0.05, 0.1) is 6.10 Å². The molecule has 0 saturated carbocycles. The lowest BCUT2D eigenvalue weighted by Crippen LogP contribution is -2.40. The standard InChI is InChI=1S/C8H15NO/c1-2-3-7-4-5-9-6-8(7)10/h2,7-10H,1,3-6H2. The van der Waals surface area contributed by atoms with Crippen molar-refractivity contribution in [2.24, 2.45) is 5.92 Å².